The Morgan fingerprint density at radius 2 is 1.22 bits per heavy atom. The van der Waals surface area contributed by atoms with Crippen LogP contribution >= 0.6 is 0 Å². The number of para-hydroxylation sites is 2. The van der Waals surface area contributed by atoms with Crippen molar-refractivity contribution in [1.82, 2.24) is 0 Å². The molecule has 0 spiro atoms. The number of benzene rings is 3. The van der Waals surface area contributed by atoms with Crippen LogP contribution < -0.4 is 4.74 Å². The molecular formula is C21H14O2. The van der Waals surface area contributed by atoms with Crippen LogP contribution in [0.3, 0.4) is 0 Å². The second-order valence-electron chi connectivity index (χ2n) is 5.42. The smallest absolute Gasteiger partial charge is 0.184 e. The molecule has 3 aromatic rings. The molecule has 0 aliphatic carbocycles. The number of hydrogen-bond donors (Lipinski definition) is 1. The quantitative estimate of drug-likeness (QED) is 0.634. The Hall–Kier alpha value is -3.02. The zero-order valence-corrected chi connectivity index (χ0v) is 12.4. The third-order valence-electron chi connectivity index (χ3n) is 3.94. The van der Waals surface area contributed by atoms with Gasteiger partial charge in [0.25, 0.3) is 0 Å². The van der Waals surface area contributed by atoms with E-state index in [-0.39, 0.29) is 0 Å². The Kier molecular flexibility index (Phi) is 3.15. The Labute approximate surface area is 135 Å². The van der Waals surface area contributed by atoms with Gasteiger partial charge in [-0.05, 0) is 24.3 Å². The summed E-state index contributed by atoms with van der Waals surface area (Å²) in [6.45, 7) is 0. The second kappa shape index (κ2) is 5.31. The Morgan fingerprint density at radius 3 is 1.83 bits per heavy atom. The average Bonchev–Trinajstić information content (AvgIpc) is 2.61. The molecule has 0 bridgehead atoms. The molecule has 0 saturated heterocycles. The maximum atomic E-state index is 11.4. The summed E-state index contributed by atoms with van der Waals surface area (Å²) < 4.78 is 5.90. The van der Waals surface area contributed by atoms with Gasteiger partial charge in [-0.25, -0.2) is 0 Å². The van der Waals surface area contributed by atoms with E-state index < -0.39 is 5.60 Å². The molecule has 1 aliphatic rings. The fourth-order valence-corrected chi connectivity index (χ4v) is 2.79. The Bertz CT molecular complexity index is 872. The van der Waals surface area contributed by atoms with Crippen LogP contribution in [0.5, 0.6) is 11.5 Å². The molecule has 2 nitrogen and oxygen atoms in total. The lowest BCUT2D eigenvalue weighted by Crippen LogP contribution is -2.29. The van der Waals surface area contributed by atoms with E-state index in [9.17, 15) is 5.11 Å². The maximum Gasteiger partial charge on any atom is 0.184 e. The van der Waals surface area contributed by atoms with Gasteiger partial charge in [0.2, 0.25) is 0 Å². The largest absolute Gasteiger partial charge is 0.456 e. The van der Waals surface area contributed by atoms with Gasteiger partial charge in [0, 0.05) is 16.7 Å². The van der Waals surface area contributed by atoms with Gasteiger partial charge in [-0.2, -0.15) is 0 Å². The van der Waals surface area contributed by atoms with E-state index in [1.807, 2.05) is 78.9 Å². The first-order chi connectivity index (χ1) is 11.3. The minimum atomic E-state index is -1.39. The summed E-state index contributed by atoms with van der Waals surface area (Å²) in [4.78, 5) is 0. The highest BCUT2D eigenvalue weighted by Crippen LogP contribution is 2.46. The van der Waals surface area contributed by atoms with Gasteiger partial charge >= 0.3 is 0 Å². The predicted octanol–water partition coefficient (Wildman–Crippen LogP) is 4.08. The first-order valence-electron chi connectivity index (χ1n) is 7.45. The molecule has 23 heavy (non-hydrogen) atoms. The monoisotopic (exact) mass is 298 g/mol. The van der Waals surface area contributed by atoms with Crippen LogP contribution in [-0.2, 0) is 5.60 Å². The molecule has 0 radical (unpaired) electrons. The molecule has 0 saturated carbocycles. The van der Waals surface area contributed by atoms with Gasteiger partial charge < -0.3 is 9.84 Å². The van der Waals surface area contributed by atoms with Crippen molar-refractivity contribution in [2.45, 2.75) is 5.60 Å². The van der Waals surface area contributed by atoms with E-state index in [2.05, 4.69) is 11.8 Å². The molecule has 0 unspecified atom stereocenters. The zero-order valence-electron chi connectivity index (χ0n) is 12.4. The highest BCUT2D eigenvalue weighted by atomic mass is 16.5. The lowest BCUT2D eigenvalue weighted by molar-refractivity contribution is 0.131. The number of rotatable bonds is 0. The Balaban J connectivity index is 1.92. The van der Waals surface area contributed by atoms with Crippen molar-refractivity contribution < 1.29 is 9.84 Å². The van der Waals surface area contributed by atoms with Gasteiger partial charge in [-0.3, -0.25) is 0 Å². The lowest BCUT2D eigenvalue weighted by Gasteiger charge is -2.31. The van der Waals surface area contributed by atoms with E-state index in [0.717, 1.165) is 5.56 Å². The molecule has 0 fully saturated rings. The Morgan fingerprint density at radius 1 is 0.696 bits per heavy atom. The van der Waals surface area contributed by atoms with Crippen molar-refractivity contribution in [2.24, 2.45) is 0 Å². The highest BCUT2D eigenvalue weighted by Gasteiger charge is 2.38. The lowest BCUT2D eigenvalue weighted by atomic mass is 9.83. The fraction of sp³-hybridized carbons (Fsp3) is 0.0476. The molecule has 1 heterocycles. The third kappa shape index (κ3) is 2.28. The second-order valence-corrected chi connectivity index (χ2v) is 5.42. The number of ether oxygens (including phenoxy) is 1. The van der Waals surface area contributed by atoms with Crippen molar-refractivity contribution in [1.29, 1.82) is 0 Å². The van der Waals surface area contributed by atoms with Crippen molar-refractivity contribution in [3.63, 3.8) is 0 Å². The molecule has 0 atom stereocenters. The van der Waals surface area contributed by atoms with Crippen LogP contribution in [0.4, 0.5) is 0 Å². The molecule has 4 rings (SSSR count). The third-order valence-corrected chi connectivity index (χ3v) is 3.94. The van der Waals surface area contributed by atoms with Crippen LogP contribution in [0.2, 0.25) is 0 Å². The normalized spacial score (nSPS) is 13.8. The van der Waals surface area contributed by atoms with Gasteiger partial charge in [-0.1, -0.05) is 66.4 Å². The van der Waals surface area contributed by atoms with Gasteiger partial charge in [0.15, 0.2) is 5.60 Å². The van der Waals surface area contributed by atoms with E-state index in [1.54, 1.807) is 0 Å². The topological polar surface area (TPSA) is 29.5 Å². The van der Waals surface area contributed by atoms with Crippen LogP contribution in [0.1, 0.15) is 16.7 Å². The summed E-state index contributed by atoms with van der Waals surface area (Å²) in [5, 5.41) is 11.4. The molecule has 3 aromatic carbocycles. The fourth-order valence-electron chi connectivity index (χ4n) is 2.79. The number of hydrogen-bond acceptors (Lipinski definition) is 2. The minimum Gasteiger partial charge on any atom is -0.456 e. The van der Waals surface area contributed by atoms with E-state index >= 15 is 0 Å². The van der Waals surface area contributed by atoms with E-state index in [4.69, 9.17) is 4.74 Å². The van der Waals surface area contributed by atoms with Crippen LogP contribution in [-0.4, -0.2) is 5.11 Å². The van der Waals surface area contributed by atoms with Gasteiger partial charge in [0.1, 0.15) is 11.5 Å². The summed E-state index contributed by atoms with van der Waals surface area (Å²) in [7, 11) is 0. The first-order valence-corrected chi connectivity index (χ1v) is 7.45. The van der Waals surface area contributed by atoms with Crippen molar-refractivity contribution in [3.05, 3.63) is 95.6 Å². The summed E-state index contributed by atoms with van der Waals surface area (Å²) in [6.07, 6.45) is 0. The molecular weight excluding hydrogens is 284 g/mol. The molecule has 2 heteroatoms. The minimum absolute atomic E-state index is 0.635. The van der Waals surface area contributed by atoms with E-state index in [1.165, 1.54) is 0 Å². The highest BCUT2D eigenvalue weighted by molar-refractivity contribution is 5.60. The van der Waals surface area contributed by atoms with Gasteiger partial charge in [0.05, 0.1) is 0 Å². The SMILES string of the molecule is OC1(C#Cc2ccccc2)c2ccccc2Oc2ccccc21. The molecule has 0 amide bonds. The van der Waals surface area contributed by atoms with Crippen molar-refractivity contribution in [2.75, 3.05) is 0 Å². The standard InChI is InChI=1S/C21H14O2/c22-21(15-14-16-8-2-1-3-9-16)17-10-4-6-12-19(17)23-20-13-7-5-11-18(20)21/h1-13,22H. The van der Waals surface area contributed by atoms with E-state index in [0.29, 0.717) is 22.6 Å². The summed E-state index contributed by atoms with van der Waals surface area (Å²) in [5.41, 5.74) is 0.813. The number of fused-ring (bicyclic) bond motifs is 2. The molecule has 1 aliphatic heterocycles. The maximum absolute atomic E-state index is 11.4. The summed E-state index contributed by atoms with van der Waals surface area (Å²) in [6, 6.07) is 24.6. The molecule has 110 valence electrons. The van der Waals surface area contributed by atoms with Gasteiger partial charge in [-0.15, -0.1) is 0 Å². The summed E-state index contributed by atoms with van der Waals surface area (Å²) in [5.74, 6) is 7.40. The van der Waals surface area contributed by atoms with Crippen molar-refractivity contribution >= 4 is 0 Å². The first kappa shape index (κ1) is 13.6. The zero-order chi connectivity index (χ0) is 15.7. The molecule has 0 aromatic heterocycles. The molecule has 1 N–H and O–H groups in total. The summed E-state index contributed by atoms with van der Waals surface area (Å²) >= 11 is 0. The van der Waals surface area contributed by atoms with Crippen LogP contribution in [0, 0.1) is 11.8 Å². The predicted molar refractivity (Wildman–Crippen MR) is 89.3 cm³/mol. The van der Waals surface area contributed by atoms with Crippen molar-refractivity contribution in [3.8, 4) is 23.3 Å². The number of aliphatic hydroxyl groups is 1. The van der Waals surface area contributed by atoms with Crippen LogP contribution in [0.15, 0.2) is 78.9 Å². The van der Waals surface area contributed by atoms with Crippen LogP contribution in [0.25, 0.3) is 0 Å². The average molecular weight is 298 g/mol.